The molecule has 2 nitrogen and oxygen atoms in total. The normalized spacial score (nSPS) is 12.4. The van der Waals surface area contributed by atoms with Gasteiger partial charge >= 0.3 is 0 Å². The maximum absolute atomic E-state index is 13.4. The fourth-order valence-corrected chi connectivity index (χ4v) is 2.15. The van der Waals surface area contributed by atoms with E-state index in [0.717, 1.165) is 23.4 Å². The average Bonchev–Trinajstić information content (AvgIpc) is 2.33. The molecule has 5 heteroatoms. The molecule has 0 aliphatic rings. The second-order valence-electron chi connectivity index (χ2n) is 3.90. The SMILES string of the molecule is C[C@H](N)c1ccc(Sc2ccc(F)cc2F)nc1. The second kappa shape index (κ2) is 5.46. The standard InChI is InChI=1S/C13H12F2N2S/c1-8(16)9-2-5-13(17-7-9)18-12-4-3-10(14)6-11(12)15/h2-8H,16H2,1H3/t8-/m0/s1. The van der Waals surface area contributed by atoms with Crippen LogP contribution < -0.4 is 5.73 Å². The molecule has 94 valence electrons. The van der Waals surface area contributed by atoms with Crippen LogP contribution in [0.25, 0.3) is 0 Å². The lowest BCUT2D eigenvalue weighted by Gasteiger charge is -2.06. The van der Waals surface area contributed by atoms with Crippen LogP contribution in [0.2, 0.25) is 0 Å². The van der Waals surface area contributed by atoms with Crippen molar-refractivity contribution < 1.29 is 8.78 Å². The molecule has 1 aromatic heterocycles. The summed E-state index contributed by atoms with van der Waals surface area (Å²) in [6.45, 7) is 1.86. The van der Waals surface area contributed by atoms with E-state index in [1.165, 1.54) is 12.1 Å². The minimum absolute atomic E-state index is 0.0842. The number of hydrogen-bond donors (Lipinski definition) is 1. The molecular formula is C13H12F2N2S. The fraction of sp³-hybridized carbons (Fsp3) is 0.154. The zero-order valence-electron chi connectivity index (χ0n) is 9.73. The van der Waals surface area contributed by atoms with Gasteiger partial charge in [-0.25, -0.2) is 13.8 Å². The summed E-state index contributed by atoms with van der Waals surface area (Å²) >= 11 is 1.15. The zero-order valence-corrected chi connectivity index (χ0v) is 10.5. The third-order valence-electron chi connectivity index (χ3n) is 2.39. The van der Waals surface area contributed by atoms with Gasteiger partial charge in [-0.05, 0) is 30.7 Å². The van der Waals surface area contributed by atoms with Crippen molar-refractivity contribution in [3.63, 3.8) is 0 Å². The van der Waals surface area contributed by atoms with E-state index >= 15 is 0 Å². The van der Waals surface area contributed by atoms with Crippen LogP contribution in [0.4, 0.5) is 8.78 Å². The lowest BCUT2D eigenvalue weighted by Crippen LogP contribution is -2.04. The van der Waals surface area contributed by atoms with Gasteiger partial charge in [0.05, 0.1) is 0 Å². The molecule has 0 unspecified atom stereocenters. The summed E-state index contributed by atoms with van der Waals surface area (Å²) in [4.78, 5) is 4.53. The molecule has 0 spiro atoms. The Kier molecular flexibility index (Phi) is 3.93. The number of rotatable bonds is 3. The van der Waals surface area contributed by atoms with E-state index in [9.17, 15) is 8.78 Å². The van der Waals surface area contributed by atoms with Gasteiger partial charge in [-0.15, -0.1) is 0 Å². The highest BCUT2D eigenvalue weighted by Gasteiger charge is 2.07. The molecular weight excluding hydrogens is 254 g/mol. The number of aromatic nitrogens is 1. The van der Waals surface area contributed by atoms with Gasteiger partial charge in [-0.1, -0.05) is 17.8 Å². The van der Waals surface area contributed by atoms with Crippen LogP contribution >= 0.6 is 11.8 Å². The van der Waals surface area contributed by atoms with Crippen molar-refractivity contribution in [2.75, 3.05) is 0 Å². The average molecular weight is 266 g/mol. The quantitative estimate of drug-likeness (QED) is 0.923. The number of nitrogens with zero attached hydrogens (tertiary/aromatic N) is 1. The van der Waals surface area contributed by atoms with E-state index < -0.39 is 11.6 Å². The number of halogens is 2. The number of hydrogen-bond acceptors (Lipinski definition) is 3. The largest absolute Gasteiger partial charge is 0.324 e. The van der Waals surface area contributed by atoms with Crippen LogP contribution in [-0.4, -0.2) is 4.98 Å². The summed E-state index contributed by atoms with van der Waals surface area (Å²) in [5, 5.41) is 0.643. The topological polar surface area (TPSA) is 38.9 Å². The van der Waals surface area contributed by atoms with Gasteiger partial charge in [-0.3, -0.25) is 0 Å². The monoisotopic (exact) mass is 266 g/mol. The number of pyridine rings is 1. The lowest BCUT2D eigenvalue weighted by molar-refractivity contribution is 0.565. The van der Waals surface area contributed by atoms with Gasteiger partial charge < -0.3 is 5.73 Å². The van der Waals surface area contributed by atoms with Crippen molar-refractivity contribution >= 4 is 11.8 Å². The molecule has 0 aliphatic carbocycles. The van der Waals surface area contributed by atoms with Gasteiger partial charge in [0.2, 0.25) is 0 Å². The van der Waals surface area contributed by atoms with E-state index in [-0.39, 0.29) is 6.04 Å². The van der Waals surface area contributed by atoms with Gasteiger partial charge in [0.15, 0.2) is 0 Å². The molecule has 0 fully saturated rings. The minimum Gasteiger partial charge on any atom is -0.324 e. The molecule has 0 aliphatic heterocycles. The highest BCUT2D eigenvalue weighted by molar-refractivity contribution is 7.99. The Morgan fingerprint density at radius 2 is 2.00 bits per heavy atom. The first kappa shape index (κ1) is 13.0. The zero-order chi connectivity index (χ0) is 13.1. The molecule has 0 bridgehead atoms. The van der Waals surface area contributed by atoms with Crippen molar-refractivity contribution in [2.45, 2.75) is 22.9 Å². The summed E-state index contributed by atoms with van der Waals surface area (Å²) in [5.74, 6) is -1.17. The Hall–Kier alpha value is -1.46. The Morgan fingerprint density at radius 3 is 2.56 bits per heavy atom. The van der Waals surface area contributed by atoms with Crippen molar-refractivity contribution in [1.29, 1.82) is 0 Å². The minimum atomic E-state index is -0.586. The molecule has 2 rings (SSSR count). The molecule has 0 amide bonds. The Morgan fingerprint density at radius 1 is 1.22 bits per heavy atom. The predicted octanol–water partition coefficient (Wildman–Crippen LogP) is 3.53. The fourth-order valence-electron chi connectivity index (χ4n) is 1.39. The van der Waals surface area contributed by atoms with E-state index in [2.05, 4.69) is 4.98 Å². The first-order valence-corrected chi connectivity index (χ1v) is 6.22. The molecule has 1 heterocycles. The molecule has 0 saturated carbocycles. The molecule has 1 atom stereocenters. The summed E-state index contributed by atoms with van der Waals surface area (Å²) in [5.41, 5.74) is 6.62. The number of nitrogens with two attached hydrogens (primary N) is 1. The lowest BCUT2D eigenvalue weighted by atomic mass is 10.2. The summed E-state index contributed by atoms with van der Waals surface area (Å²) in [7, 11) is 0. The van der Waals surface area contributed by atoms with Gasteiger partial charge in [0.1, 0.15) is 16.7 Å². The van der Waals surface area contributed by atoms with Gasteiger partial charge in [0, 0.05) is 23.2 Å². The summed E-state index contributed by atoms with van der Waals surface area (Å²) in [6.07, 6.45) is 1.66. The third kappa shape index (κ3) is 3.05. The van der Waals surface area contributed by atoms with Crippen molar-refractivity contribution in [1.82, 2.24) is 4.98 Å². The first-order valence-electron chi connectivity index (χ1n) is 5.40. The highest BCUT2D eigenvalue weighted by atomic mass is 32.2. The van der Waals surface area contributed by atoms with Crippen LogP contribution in [0, 0.1) is 11.6 Å². The van der Waals surface area contributed by atoms with Crippen LogP contribution in [0.3, 0.4) is 0 Å². The van der Waals surface area contributed by atoms with E-state index in [4.69, 9.17) is 5.73 Å². The maximum Gasteiger partial charge on any atom is 0.140 e. The van der Waals surface area contributed by atoms with Crippen molar-refractivity contribution in [2.24, 2.45) is 5.73 Å². The third-order valence-corrected chi connectivity index (χ3v) is 3.40. The molecule has 18 heavy (non-hydrogen) atoms. The van der Waals surface area contributed by atoms with Crippen LogP contribution in [0.15, 0.2) is 46.5 Å². The second-order valence-corrected chi connectivity index (χ2v) is 4.96. The predicted molar refractivity (Wildman–Crippen MR) is 67.3 cm³/mol. The molecule has 2 N–H and O–H groups in total. The van der Waals surface area contributed by atoms with Gasteiger partial charge in [0.25, 0.3) is 0 Å². The summed E-state index contributed by atoms with van der Waals surface area (Å²) < 4.78 is 26.2. The smallest absolute Gasteiger partial charge is 0.140 e. The maximum atomic E-state index is 13.4. The molecule has 1 aromatic carbocycles. The first-order chi connectivity index (χ1) is 8.56. The Labute approximate surface area is 108 Å². The van der Waals surface area contributed by atoms with E-state index in [1.54, 1.807) is 12.3 Å². The van der Waals surface area contributed by atoms with E-state index in [1.807, 2.05) is 13.0 Å². The highest BCUT2D eigenvalue weighted by Crippen LogP contribution is 2.29. The van der Waals surface area contributed by atoms with Crippen molar-refractivity contribution in [3.05, 3.63) is 53.7 Å². The van der Waals surface area contributed by atoms with Crippen molar-refractivity contribution in [3.8, 4) is 0 Å². The van der Waals surface area contributed by atoms with Crippen LogP contribution in [-0.2, 0) is 0 Å². The number of benzene rings is 1. The van der Waals surface area contributed by atoms with Crippen LogP contribution in [0.1, 0.15) is 18.5 Å². The molecule has 0 radical (unpaired) electrons. The van der Waals surface area contributed by atoms with Crippen LogP contribution in [0.5, 0.6) is 0 Å². The van der Waals surface area contributed by atoms with E-state index in [0.29, 0.717) is 9.92 Å². The van der Waals surface area contributed by atoms with Gasteiger partial charge in [-0.2, -0.15) is 0 Å². The Balaban J connectivity index is 2.18. The molecule has 0 saturated heterocycles. The summed E-state index contributed by atoms with van der Waals surface area (Å²) in [6, 6.07) is 7.02. The molecule has 2 aromatic rings. The Bertz CT molecular complexity index is 541.